The molecule has 2 atom stereocenters. The van der Waals surface area contributed by atoms with E-state index in [0.717, 1.165) is 44.7 Å². The van der Waals surface area contributed by atoms with Crippen molar-refractivity contribution in [2.75, 3.05) is 13.1 Å². The summed E-state index contributed by atoms with van der Waals surface area (Å²) >= 11 is 0. The molecule has 3 nitrogen and oxygen atoms in total. The van der Waals surface area contributed by atoms with E-state index in [-0.39, 0.29) is 17.8 Å². The zero-order valence-electron chi connectivity index (χ0n) is 14.1. The first kappa shape index (κ1) is 16.6. The number of rotatable bonds is 1. The molecular formula is C18H31ClN2O. The van der Waals surface area contributed by atoms with Gasteiger partial charge in [-0.1, -0.05) is 13.8 Å². The van der Waals surface area contributed by atoms with Crippen molar-refractivity contribution in [3.63, 3.8) is 0 Å². The van der Waals surface area contributed by atoms with E-state index in [1.807, 2.05) is 0 Å². The monoisotopic (exact) mass is 326 g/mol. The summed E-state index contributed by atoms with van der Waals surface area (Å²) < 4.78 is 0. The maximum atomic E-state index is 13.3. The molecule has 1 aliphatic heterocycles. The summed E-state index contributed by atoms with van der Waals surface area (Å²) in [4.78, 5) is 15.5. The van der Waals surface area contributed by atoms with Gasteiger partial charge in [0.1, 0.15) is 0 Å². The molecule has 1 heterocycles. The Morgan fingerprint density at radius 2 is 1.55 bits per heavy atom. The lowest BCUT2D eigenvalue weighted by atomic mass is 9.40. The number of hydrogen-bond donors (Lipinski definition) is 1. The van der Waals surface area contributed by atoms with Crippen LogP contribution in [0.15, 0.2) is 0 Å². The van der Waals surface area contributed by atoms with Crippen LogP contribution in [0.5, 0.6) is 0 Å². The Balaban J connectivity index is 0.00000144. The van der Waals surface area contributed by atoms with Gasteiger partial charge >= 0.3 is 0 Å². The maximum Gasteiger partial charge on any atom is 0.228 e. The molecule has 5 fully saturated rings. The predicted octanol–water partition coefficient (Wildman–Crippen LogP) is 3.35. The maximum absolute atomic E-state index is 13.3. The Labute approximate surface area is 140 Å². The van der Waals surface area contributed by atoms with Crippen LogP contribution in [0.4, 0.5) is 0 Å². The second-order valence-corrected chi connectivity index (χ2v) is 9.54. The van der Waals surface area contributed by atoms with Crippen LogP contribution in [0.25, 0.3) is 0 Å². The van der Waals surface area contributed by atoms with E-state index in [2.05, 4.69) is 18.7 Å². The van der Waals surface area contributed by atoms with Gasteiger partial charge in [0.25, 0.3) is 0 Å². The van der Waals surface area contributed by atoms with Gasteiger partial charge in [-0.15, -0.1) is 12.4 Å². The first-order chi connectivity index (χ1) is 9.82. The molecule has 126 valence electrons. The Kier molecular flexibility index (Phi) is 3.85. The highest BCUT2D eigenvalue weighted by Crippen LogP contribution is 2.69. The fourth-order valence-corrected chi connectivity index (χ4v) is 7.12. The second-order valence-electron chi connectivity index (χ2n) is 9.54. The van der Waals surface area contributed by atoms with Crippen LogP contribution in [0.3, 0.4) is 0 Å². The van der Waals surface area contributed by atoms with E-state index < -0.39 is 0 Å². The van der Waals surface area contributed by atoms with Gasteiger partial charge in [0.2, 0.25) is 5.91 Å². The molecule has 0 aromatic carbocycles. The average molecular weight is 327 g/mol. The lowest BCUT2D eigenvalue weighted by molar-refractivity contribution is -0.180. The standard InChI is InChI=1S/C18H30N2O.ClH/c1-16-7-13-8-17(2,10-16)12-18(9-13,11-16)15(21)20-5-3-14(19)4-6-20;/h13-14H,3-12,19H2,1-2H3;1H. The van der Waals surface area contributed by atoms with Gasteiger partial charge in [-0.05, 0) is 68.1 Å². The molecule has 1 amide bonds. The van der Waals surface area contributed by atoms with Gasteiger partial charge in [-0.25, -0.2) is 0 Å². The molecule has 0 aromatic rings. The molecule has 4 bridgehead atoms. The first-order valence-electron chi connectivity index (χ1n) is 8.87. The van der Waals surface area contributed by atoms with E-state index >= 15 is 0 Å². The van der Waals surface area contributed by atoms with Gasteiger partial charge in [0.15, 0.2) is 0 Å². The number of nitrogens with two attached hydrogens (primary N) is 1. The van der Waals surface area contributed by atoms with Crippen LogP contribution >= 0.6 is 12.4 Å². The molecule has 0 radical (unpaired) electrons. The molecule has 0 spiro atoms. The minimum absolute atomic E-state index is 0. The molecule has 0 aromatic heterocycles. The van der Waals surface area contributed by atoms with Crippen molar-refractivity contribution in [1.82, 2.24) is 4.90 Å². The number of carbonyl (C=O) groups is 1. The molecule has 5 aliphatic rings. The molecule has 4 saturated carbocycles. The van der Waals surface area contributed by atoms with Crippen molar-refractivity contribution in [3.8, 4) is 0 Å². The zero-order chi connectivity index (χ0) is 14.9. The minimum atomic E-state index is -0.0235. The fraction of sp³-hybridized carbons (Fsp3) is 0.944. The normalized spacial score (nSPS) is 47.4. The minimum Gasteiger partial charge on any atom is -0.342 e. The Hall–Kier alpha value is -0.280. The van der Waals surface area contributed by atoms with E-state index in [4.69, 9.17) is 5.73 Å². The van der Waals surface area contributed by atoms with Crippen LogP contribution in [0, 0.1) is 22.2 Å². The van der Waals surface area contributed by atoms with E-state index in [0.29, 0.717) is 22.8 Å². The van der Waals surface area contributed by atoms with Crippen LogP contribution in [0.2, 0.25) is 0 Å². The number of carbonyl (C=O) groups excluding carboxylic acids is 1. The Morgan fingerprint density at radius 1 is 1.00 bits per heavy atom. The quantitative estimate of drug-likeness (QED) is 0.803. The van der Waals surface area contributed by atoms with Gasteiger partial charge in [0.05, 0.1) is 5.41 Å². The van der Waals surface area contributed by atoms with E-state index in [9.17, 15) is 4.79 Å². The van der Waals surface area contributed by atoms with Gasteiger partial charge in [-0.3, -0.25) is 4.79 Å². The van der Waals surface area contributed by atoms with Crippen molar-refractivity contribution >= 4 is 18.3 Å². The summed E-state index contributed by atoms with van der Waals surface area (Å²) in [5.41, 5.74) is 6.84. The van der Waals surface area contributed by atoms with Crippen molar-refractivity contribution in [2.45, 2.75) is 71.3 Å². The zero-order valence-corrected chi connectivity index (χ0v) is 14.9. The largest absolute Gasteiger partial charge is 0.342 e. The Bertz CT molecular complexity index is 454. The topological polar surface area (TPSA) is 46.3 Å². The lowest BCUT2D eigenvalue weighted by Crippen LogP contribution is -2.61. The SMILES string of the molecule is CC12CC3CC(C)(C1)CC(C(=O)N1CCC(N)CC1)(C3)C2.Cl. The van der Waals surface area contributed by atoms with Crippen molar-refractivity contribution in [2.24, 2.45) is 27.9 Å². The van der Waals surface area contributed by atoms with Gasteiger partial charge in [-0.2, -0.15) is 0 Å². The number of halogens is 1. The van der Waals surface area contributed by atoms with E-state index in [1.54, 1.807) is 0 Å². The summed E-state index contributed by atoms with van der Waals surface area (Å²) in [5, 5.41) is 0. The molecule has 4 heteroatoms. The summed E-state index contributed by atoms with van der Waals surface area (Å²) in [6.07, 6.45) is 9.50. The smallest absolute Gasteiger partial charge is 0.228 e. The highest BCUT2D eigenvalue weighted by molar-refractivity contribution is 5.85. The molecule has 22 heavy (non-hydrogen) atoms. The van der Waals surface area contributed by atoms with Crippen LogP contribution < -0.4 is 5.73 Å². The number of piperidine rings is 1. The Morgan fingerprint density at radius 3 is 2.05 bits per heavy atom. The number of likely N-dealkylation sites (tertiary alicyclic amines) is 1. The average Bonchev–Trinajstić information content (AvgIpc) is 2.34. The third-order valence-corrected chi connectivity index (χ3v) is 6.91. The third kappa shape index (κ3) is 2.49. The summed E-state index contributed by atoms with van der Waals surface area (Å²) in [6, 6.07) is 0.306. The summed E-state index contributed by atoms with van der Waals surface area (Å²) in [5.74, 6) is 1.28. The van der Waals surface area contributed by atoms with Crippen LogP contribution in [-0.4, -0.2) is 29.9 Å². The van der Waals surface area contributed by atoms with Gasteiger partial charge < -0.3 is 10.6 Å². The van der Waals surface area contributed by atoms with Crippen molar-refractivity contribution < 1.29 is 4.79 Å². The fourth-order valence-electron chi connectivity index (χ4n) is 7.12. The molecule has 4 aliphatic carbocycles. The molecular weight excluding hydrogens is 296 g/mol. The number of hydrogen-bond acceptors (Lipinski definition) is 2. The van der Waals surface area contributed by atoms with Crippen LogP contribution in [-0.2, 0) is 4.79 Å². The van der Waals surface area contributed by atoms with Gasteiger partial charge in [0, 0.05) is 19.1 Å². The molecule has 1 saturated heterocycles. The highest BCUT2D eigenvalue weighted by Gasteiger charge is 2.63. The molecule has 5 rings (SSSR count). The highest BCUT2D eigenvalue weighted by atomic mass is 35.5. The van der Waals surface area contributed by atoms with Crippen molar-refractivity contribution in [3.05, 3.63) is 0 Å². The summed E-state index contributed by atoms with van der Waals surface area (Å²) in [6.45, 7) is 6.67. The lowest BCUT2D eigenvalue weighted by Gasteiger charge is -2.65. The van der Waals surface area contributed by atoms with Crippen LogP contribution in [0.1, 0.15) is 65.2 Å². The summed E-state index contributed by atoms with van der Waals surface area (Å²) in [7, 11) is 0. The van der Waals surface area contributed by atoms with Crippen molar-refractivity contribution in [1.29, 1.82) is 0 Å². The molecule has 2 N–H and O–H groups in total. The number of nitrogens with zero attached hydrogens (tertiary/aromatic N) is 1. The third-order valence-electron chi connectivity index (χ3n) is 6.91. The van der Waals surface area contributed by atoms with E-state index in [1.165, 1.54) is 25.7 Å². The first-order valence-corrected chi connectivity index (χ1v) is 8.87. The molecule has 2 unspecified atom stereocenters. The number of amides is 1. The predicted molar refractivity (Wildman–Crippen MR) is 90.9 cm³/mol. The second kappa shape index (κ2) is 5.11.